The molecule has 1 aromatic rings. The van der Waals surface area contributed by atoms with Crippen molar-refractivity contribution in [3.8, 4) is 0 Å². The molecule has 0 aromatic heterocycles. The molecule has 0 saturated carbocycles. The number of thioether (sulfide) groups is 1. The van der Waals surface area contributed by atoms with Crippen LogP contribution >= 0.6 is 11.8 Å². The Balaban J connectivity index is 2.77. The number of anilines is 1. The Morgan fingerprint density at radius 3 is 2.44 bits per heavy atom. The summed E-state index contributed by atoms with van der Waals surface area (Å²) in [6.07, 6.45) is -2.93. The van der Waals surface area contributed by atoms with E-state index in [2.05, 4.69) is 4.74 Å². The highest BCUT2D eigenvalue weighted by molar-refractivity contribution is 7.97. The van der Waals surface area contributed by atoms with Gasteiger partial charge in [0.1, 0.15) is 12.4 Å². The van der Waals surface area contributed by atoms with E-state index in [4.69, 9.17) is 9.47 Å². The van der Waals surface area contributed by atoms with E-state index < -0.39 is 23.7 Å². The molecule has 1 aliphatic heterocycles. The molecule has 0 radical (unpaired) electrons. The maximum atomic E-state index is 13.7. The summed E-state index contributed by atoms with van der Waals surface area (Å²) < 4.78 is 55.6. The summed E-state index contributed by atoms with van der Waals surface area (Å²) in [4.78, 5) is 25.4. The van der Waals surface area contributed by atoms with Crippen LogP contribution in [-0.4, -0.2) is 45.8 Å². The molecule has 1 aliphatic rings. The van der Waals surface area contributed by atoms with Crippen LogP contribution in [0.3, 0.4) is 0 Å². The zero-order chi connectivity index (χ0) is 20.2. The normalized spacial score (nSPS) is 15.0. The first-order valence-corrected chi connectivity index (χ1v) is 9.08. The van der Waals surface area contributed by atoms with Gasteiger partial charge in [0.2, 0.25) is 0 Å². The number of halogens is 3. The molecule has 1 aromatic carbocycles. The largest absolute Gasteiger partial charge is 0.466 e. The summed E-state index contributed by atoms with van der Waals surface area (Å²) in [5, 5.41) is 0. The standard InChI is InChI=1S/C17H18F3NO5S/c1-24-15(22)11-7-26-9-21(14(11)16(23)25-2)13-10(8-27-3)5-4-6-12(13)17(18,19)20/h4-6H,7-9H2,1-3H3. The van der Waals surface area contributed by atoms with Gasteiger partial charge in [-0.2, -0.15) is 24.9 Å². The predicted octanol–water partition coefficient (Wildman–Crippen LogP) is 2.96. The lowest BCUT2D eigenvalue weighted by molar-refractivity contribution is -0.141. The zero-order valence-electron chi connectivity index (χ0n) is 14.9. The van der Waals surface area contributed by atoms with Crippen molar-refractivity contribution in [2.45, 2.75) is 11.9 Å². The highest BCUT2D eigenvalue weighted by atomic mass is 32.2. The molecule has 0 saturated heterocycles. The molecule has 0 atom stereocenters. The van der Waals surface area contributed by atoms with Crippen molar-refractivity contribution in [3.63, 3.8) is 0 Å². The monoisotopic (exact) mass is 405 g/mol. The SMILES string of the molecule is COC(=O)C1=C(C(=O)OC)N(c2c(CSC)cccc2C(F)(F)F)COC1. The van der Waals surface area contributed by atoms with Crippen LogP contribution in [0.2, 0.25) is 0 Å². The maximum absolute atomic E-state index is 13.7. The van der Waals surface area contributed by atoms with Crippen molar-refractivity contribution in [2.75, 3.05) is 38.7 Å². The van der Waals surface area contributed by atoms with Crippen LogP contribution < -0.4 is 4.90 Å². The summed E-state index contributed by atoms with van der Waals surface area (Å²) in [5.74, 6) is -1.57. The van der Waals surface area contributed by atoms with Crippen LogP contribution in [0.1, 0.15) is 11.1 Å². The van der Waals surface area contributed by atoms with E-state index >= 15 is 0 Å². The molecule has 0 spiro atoms. The number of benzene rings is 1. The lowest BCUT2D eigenvalue weighted by Gasteiger charge is -2.34. The minimum atomic E-state index is -4.67. The smallest absolute Gasteiger partial charge is 0.418 e. The molecule has 0 N–H and O–H groups in total. The van der Waals surface area contributed by atoms with Gasteiger partial charge in [-0.1, -0.05) is 12.1 Å². The molecule has 1 heterocycles. The second-order valence-corrected chi connectivity index (χ2v) is 6.33. The van der Waals surface area contributed by atoms with E-state index in [-0.39, 0.29) is 36.0 Å². The zero-order valence-corrected chi connectivity index (χ0v) is 15.7. The number of hydrogen-bond donors (Lipinski definition) is 0. The van der Waals surface area contributed by atoms with Crippen molar-refractivity contribution in [1.29, 1.82) is 0 Å². The maximum Gasteiger partial charge on any atom is 0.418 e. The Labute approximate surface area is 158 Å². The molecule has 6 nitrogen and oxygen atoms in total. The molecule has 2 rings (SSSR count). The molecular formula is C17H18F3NO5S. The number of ether oxygens (including phenoxy) is 3. The molecule has 148 valence electrons. The summed E-state index contributed by atoms with van der Waals surface area (Å²) in [6.45, 7) is -0.626. The van der Waals surface area contributed by atoms with Crippen molar-refractivity contribution in [2.24, 2.45) is 0 Å². The van der Waals surface area contributed by atoms with Crippen LogP contribution in [0, 0.1) is 0 Å². The number of carbonyl (C=O) groups excluding carboxylic acids is 2. The fourth-order valence-electron chi connectivity index (χ4n) is 2.73. The van der Waals surface area contributed by atoms with E-state index in [9.17, 15) is 22.8 Å². The molecule has 0 fully saturated rings. The molecule has 0 unspecified atom stereocenters. The van der Waals surface area contributed by atoms with Crippen molar-refractivity contribution < 1.29 is 37.0 Å². The fourth-order valence-corrected chi connectivity index (χ4v) is 3.27. The lowest BCUT2D eigenvalue weighted by Crippen LogP contribution is -2.40. The van der Waals surface area contributed by atoms with Gasteiger partial charge < -0.3 is 19.1 Å². The van der Waals surface area contributed by atoms with Gasteiger partial charge in [-0.05, 0) is 17.9 Å². The molecule has 27 heavy (non-hydrogen) atoms. The van der Waals surface area contributed by atoms with Crippen LogP contribution in [0.25, 0.3) is 0 Å². The van der Waals surface area contributed by atoms with Crippen molar-refractivity contribution in [3.05, 3.63) is 40.6 Å². The number of para-hydroxylation sites is 1. The molecule has 0 amide bonds. The van der Waals surface area contributed by atoms with Gasteiger partial charge in [0.05, 0.1) is 37.7 Å². The van der Waals surface area contributed by atoms with Gasteiger partial charge in [0.15, 0.2) is 0 Å². The lowest BCUT2D eigenvalue weighted by atomic mass is 10.0. The Morgan fingerprint density at radius 1 is 1.22 bits per heavy atom. The average molecular weight is 405 g/mol. The number of carbonyl (C=O) groups is 2. The third-order valence-electron chi connectivity index (χ3n) is 3.83. The Bertz CT molecular complexity index is 763. The summed E-state index contributed by atoms with van der Waals surface area (Å²) in [7, 11) is 2.18. The van der Waals surface area contributed by atoms with Crippen LogP contribution in [-0.2, 0) is 35.7 Å². The van der Waals surface area contributed by atoms with Gasteiger partial charge in [-0.15, -0.1) is 0 Å². The van der Waals surface area contributed by atoms with Gasteiger partial charge >= 0.3 is 18.1 Å². The Morgan fingerprint density at radius 2 is 1.89 bits per heavy atom. The van der Waals surface area contributed by atoms with E-state index in [0.717, 1.165) is 25.2 Å². The number of hydrogen-bond acceptors (Lipinski definition) is 7. The van der Waals surface area contributed by atoms with Crippen LogP contribution in [0.15, 0.2) is 29.5 Å². The Hall–Kier alpha value is -2.20. The minimum Gasteiger partial charge on any atom is -0.466 e. The molecule has 10 heteroatoms. The van der Waals surface area contributed by atoms with Crippen molar-refractivity contribution >= 4 is 29.4 Å². The highest BCUT2D eigenvalue weighted by Crippen LogP contribution is 2.42. The number of alkyl halides is 3. The number of nitrogens with zero attached hydrogens (tertiary/aromatic N) is 1. The van der Waals surface area contributed by atoms with Crippen LogP contribution in [0.5, 0.6) is 0 Å². The average Bonchev–Trinajstić information content (AvgIpc) is 2.65. The number of esters is 2. The van der Waals surface area contributed by atoms with E-state index in [0.29, 0.717) is 5.56 Å². The predicted molar refractivity (Wildman–Crippen MR) is 93.0 cm³/mol. The second kappa shape index (κ2) is 8.66. The first kappa shape index (κ1) is 21.1. The summed E-state index contributed by atoms with van der Waals surface area (Å²) in [6, 6.07) is 3.74. The Kier molecular flexibility index (Phi) is 6.77. The third-order valence-corrected chi connectivity index (χ3v) is 4.43. The molecular weight excluding hydrogens is 387 g/mol. The summed E-state index contributed by atoms with van der Waals surface area (Å²) in [5.41, 5.74) is -1.38. The van der Waals surface area contributed by atoms with E-state index in [1.807, 2.05) is 0 Å². The van der Waals surface area contributed by atoms with Gasteiger partial charge in [0.25, 0.3) is 0 Å². The number of methoxy groups -OCH3 is 2. The van der Waals surface area contributed by atoms with Crippen molar-refractivity contribution in [1.82, 2.24) is 0 Å². The quantitative estimate of drug-likeness (QED) is 0.698. The number of rotatable bonds is 5. The molecule has 0 aliphatic carbocycles. The highest BCUT2D eigenvalue weighted by Gasteiger charge is 2.40. The van der Waals surface area contributed by atoms with E-state index in [1.165, 1.54) is 23.9 Å². The second-order valence-electron chi connectivity index (χ2n) is 5.46. The third kappa shape index (κ3) is 4.38. The first-order chi connectivity index (χ1) is 12.8. The topological polar surface area (TPSA) is 65.1 Å². The van der Waals surface area contributed by atoms with Gasteiger partial charge in [-0.3, -0.25) is 0 Å². The van der Waals surface area contributed by atoms with E-state index in [1.54, 1.807) is 6.26 Å². The van der Waals surface area contributed by atoms with Gasteiger partial charge in [0, 0.05) is 5.75 Å². The van der Waals surface area contributed by atoms with Gasteiger partial charge in [-0.25, -0.2) is 9.59 Å². The minimum absolute atomic E-state index is 0.206. The molecule has 0 bridgehead atoms. The van der Waals surface area contributed by atoms with Crippen LogP contribution in [0.4, 0.5) is 18.9 Å². The first-order valence-electron chi connectivity index (χ1n) is 7.69. The summed E-state index contributed by atoms with van der Waals surface area (Å²) >= 11 is 1.32. The fraction of sp³-hybridized carbons (Fsp3) is 0.412.